The van der Waals surface area contributed by atoms with Gasteiger partial charge in [0.15, 0.2) is 0 Å². The molecule has 0 heterocycles. The van der Waals surface area contributed by atoms with Crippen LogP contribution in [0.4, 0.5) is 5.69 Å². The van der Waals surface area contributed by atoms with Crippen LogP contribution in [-0.2, 0) is 9.59 Å². The number of thioether (sulfide) groups is 1. The number of carbonyl (C=O) groups excluding carboxylic acids is 2. The fourth-order valence-corrected chi connectivity index (χ4v) is 3.86. The van der Waals surface area contributed by atoms with E-state index in [0.29, 0.717) is 0 Å². The second kappa shape index (κ2) is 9.94. The average molecular weight is 405 g/mol. The fourth-order valence-electron chi connectivity index (χ4n) is 2.99. The standard InChI is InChI=1S/C24H24N2O2S/c1-17(29-22-15-13-21(14-16-22)25-18(2)27)24(28)26-23(19-9-5-3-6-10-19)20-11-7-4-8-12-20/h3-17,23H,1-2H3,(H,25,27)(H,26,28). The summed E-state index contributed by atoms with van der Waals surface area (Å²) in [5, 5.41) is 5.67. The van der Waals surface area contributed by atoms with Gasteiger partial charge in [-0.15, -0.1) is 11.8 Å². The van der Waals surface area contributed by atoms with Crippen molar-refractivity contribution in [1.82, 2.24) is 5.32 Å². The lowest BCUT2D eigenvalue weighted by molar-refractivity contribution is -0.120. The topological polar surface area (TPSA) is 58.2 Å². The Morgan fingerprint density at radius 1 is 0.793 bits per heavy atom. The zero-order chi connectivity index (χ0) is 20.6. The largest absolute Gasteiger partial charge is 0.344 e. The van der Waals surface area contributed by atoms with Gasteiger partial charge in [-0.25, -0.2) is 0 Å². The van der Waals surface area contributed by atoms with Gasteiger partial charge in [-0.1, -0.05) is 60.7 Å². The molecule has 0 spiro atoms. The van der Waals surface area contributed by atoms with Crippen molar-refractivity contribution in [3.63, 3.8) is 0 Å². The van der Waals surface area contributed by atoms with Crippen LogP contribution in [0.3, 0.4) is 0 Å². The Morgan fingerprint density at radius 3 is 1.79 bits per heavy atom. The van der Waals surface area contributed by atoms with E-state index in [1.54, 1.807) is 0 Å². The third-order valence-electron chi connectivity index (χ3n) is 4.41. The predicted octanol–water partition coefficient (Wildman–Crippen LogP) is 5.03. The highest BCUT2D eigenvalue weighted by Gasteiger charge is 2.21. The highest BCUT2D eigenvalue weighted by molar-refractivity contribution is 8.00. The van der Waals surface area contributed by atoms with Crippen LogP contribution in [-0.4, -0.2) is 17.1 Å². The molecule has 148 valence electrons. The molecular formula is C24H24N2O2S. The lowest BCUT2D eigenvalue weighted by Crippen LogP contribution is -2.34. The van der Waals surface area contributed by atoms with Gasteiger partial charge in [0.25, 0.3) is 0 Å². The van der Waals surface area contributed by atoms with Crippen LogP contribution in [0.15, 0.2) is 89.8 Å². The molecule has 0 saturated heterocycles. The summed E-state index contributed by atoms with van der Waals surface area (Å²) < 4.78 is 0. The van der Waals surface area contributed by atoms with E-state index < -0.39 is 0 Å². The summed E-state index contributed by atoms with van der Waals surface area (Å²) in [7, 11) is 0. The Kier molecular flexibility index (Phi) is 7.09. The summed E-state index contributed by atoms with van der Waals surface area (Å²) in [4.78, 5) is 25.0. The van der Waals surface area contributed by atoms with Crippen molar-refractivity contribution >= 4 is 29.3 Å². The van der Waals surface area contributed by atoms with E-state index in [2.05, 4.69) is 10.6 Å². The van der Waals surface area contributed by atoms with Crippen LogP contribution >= 0.6 is 11.8 Å². The highest BCUT2D eigenvalue weighted by Crippen LogP contribution is 2.27. The molecule has 4 nitrogen and oxygen atoms in total. The SMILES string of the molecule is CC(=O)Nc1ccc(SC(C)C(=O)NC(c2ccccc2)c2ccccc2)cc1. The van der Waals surface area contributed by atoms with Crippen molar-refractivity contribution < 1.29 is 9.59 Å². The number of amides is 2. The maximum atomic E-state index is 12.9. The van der Waals surface area contributed by atoms with Crippen molar-refractivity contribution in [2.45, 2.75) is 30.0 Å². The van der Waals surface area contributed by atoms with Gasteiger partial charge in [0.05, 0.1) is 11.3 Å². The molecule has 1 atom stereocenters. The summed E-state index contributed by atoms with van der Waals surface area (Å²) in [5.41, 5.74) is 2.83. The van der Waals surface area contributed by atoms with E-state index in [-0.39, 0.29) is 23.1 Å². The van der Waals surface area contributed by atoms with Gasteiger partial charge in [-0.2, -0.15) is 0 Å². The Labute approximate surface area is 175 Å². The van der Waals surface area contributed by atoms with Crippen LogP contribution < -0.4 is 10.6 Å². The summed E-state index contributed by atoms with van der Waals surface area (Å²) in [6.07, 6.45) is 0. The van der Waals surface area contributed by atoms with E-state index >= 15 is 0 Å². The molecular weight excluding hydrogens is 380 g/mol. The molecule has 5 heteroatoms. The predicted molar refractivity (Wildman–Crippen MR) is 119 cm³/mol. The second-order valence-electron chi connectivity index (χ2n) is 6.73. The molecule has 0 bridgehead atoms. The van der Waals surface area contributed by atoms with Crippen LogP contribution in [0.25, 0.3) is 0 Å². The van der Waals surface area contributed by atoms with Gasteiger partial charge in [0.1, 0.15) is 0 Å². The van der Waals surface area contributed by atoms with E-state index in [0.717, 1.165) is 21.7 Å². The molecule has 0 aliphatic carbocycles. The number of rotatable bonds is 7. The third kappa shape index (κ3) is 5.96. The molecule has 2 N–H and O–H groups in total. The van der Waals surface area contributed by atoms with Gasteiger partial charge in [0, 0.05) is 17.5 Å². The number of nitrogens with one attached hydrogen (secondary N) is 2. The Hall–Kier alpha value is -3.05. The molecule has 3 aromatic rings. The second-order valence-corrected chi connectivity index (χ2v) is 8.14. The lowest BCUT2D eigenvalue weighted by atomic mass is 9.98. The number of hydrogen-bond acceptors (Lipinski definition) is 3. The van der Waals surface area contributed by atoms with Crippen molar-refractivity contribution in [2.75, 3.05) is 5.32 Å². The van der Waals surface area contributed by atoms with Gasteiger partial charge in [0.2, 0.25) is 11.8 Å². The van der Waals surface area contributed by atoms with Crippen molar-refractivity contribution in [3.05, 3.63) is 96.1 Å². The highest BCUT2D eigenvalue weighted by atomic mass is 32.2. The first-order chi connectivity index (χ1) is 14.0. The van der Waals surface area contributed by atoms with Gasteiger partial charge < -0.3 is 10.6 Å². The molecule has 0 aliphatic rings. The van der Waals surface area contributed by atoms with E-state index in [9.17, 15) is 9.59 Å². The van der Waals surface area contributed by atoms with Crippen molar-refractivity contribution in [3.8, 4) is 0 Å². The zero-order valence-electron chi connectivity index (χ0n) is 16.5. The first-order valence-corrected chi connectivity index (χ1v) is 10.4. The zero-order valence-corrected chi connectivity index (χ0v) is 17.3. The molecule has 0 aromatic heterocycles. The minimum Gasteiger partial charge on any atom is -0.344 e. The quantitative estimate of drug-likeness (QED) is 0.543. The molecule has 1 unspecified atom stereocenters. The molecule has 0 saturated carbocycles. The van der Waals surface area contributed by atoms with E-state index in [1.165, 1.54) is 18.7 Å². The number of carbonyl (C=O) groups is 2. The van der Waals surface area contributed by atoms with Crippen molar-refractivity contribution in [1.29, 1.82) is 0 Å². The summed E-state index contributed by atoms with van der Waals surface area (Å²) in [6.45, 7) is 3.37. The monoisotopic (exact) mass is 404 g/mol. The molecule has 3 aromatic carbocycles. The minimum absolute atomic E-state index is 0.0290. The molecule has 0 fully saturated rings. The first kappa shape index (κ1) is 20.7. The van der Waals surface area contributed by atoms with E-state index in [1.807, 2.05) is 91.9 Å². The number of hydrogen-bond donors (Lipinski definition) is 2. The molecule has 29 heavy (non-hydrogen) atoms. The Bertz CT molecular complexity index is 904. The van der Waals surface area contributed by atoms with Crippen molar-refractivity contribution in [2.24, 2.45) is 0 Å². The number of benzene rings is 3. The van der Waals surface area contributed by atoms with Gasteiger partial charge in [-0.3, -0.25) is 9.59 Å². The normalized spacial score (nSPS) is 11.7. The maximum absolute atomic E-state index is 12.9. The van der Waals surface area contributed by atoms with Gasteiger partial charge >= 0.3 is 0 Å². The smallest absolute Gasteiger partial charge is 0.233 e. The summed E-state index contributed by atoms with van der Waals surface area (Å²) in [5.74, 6) is -0.135. The fraction of sp³-hybridized carbons (Fsp3) is 0.167. The summed E-state index contributed by atoms with van der Waals surface area (Å²) >= 11 is 1.49. The molecule has 0 aliphatic heterocycles. The Balaban J connectivity index is 1.70. The lowest BCUT2D eigenvalue weighted by Gasteiger charge is -2.22. The van der Waals surface area contributed by atoms with E-state index in [4.69, 9.17) is 0 Å². The Morgan fingerprint density at radius 2 is 1.31 bits per heavy atom. The van der Waals surface area contributed by atoms with Crippen LogP contribution in [0.1, 0.15) is 31.0 Å². The molecule has 2 amide bonds. The molecule has 0 radical (unpaired) electrons. The number of anilines is 1. The summed E-state index contributed by atoms with van der Waals surface area (Å²) in [6, 6.07) is 27.2. The van der Waals surface area contributed by atoms with Crippen LogP contribution in [0.2, 0.25) is 0 Å². The van der Waals surface area contributed by atoms with Gasteiger partial charge in [-0.05, 0) is 42.3 Å². The first-order valence-electron chi connectivity index (χ1n) is 9.47. The third-order valence-corrected chi connectivity index (χ3v) is 5.52. The van der Waals surface area contributed by atoms with Crippen LogP contribution in [0, 0.1) is 0 Å². The van der Waals surface area contributed by atoms with Crippen LogP contribution in [0.5, 0.6) is 0 Å². The molecule has 3 rings (SSSR count). The maximum Gasteiger partial charge on any atom is 0.233 e. The average Bonchev–Trinajstić information content (AvgIpc) is 2.74. The minimum atomic E-state index is -0.267.